The van der Waals surface area contributed by atoms with E-state index < -0.39 is 0 Å². The van der Waals surface area contributed by atoms with Crippen LogP contribution in [0.2, 0.25) is 0 Å². The maximum atomic E-state index is 11.2. The van der Waals surface area contributed by atoms with Crippen LogP contribution in [0.1, 0.15) is 61.3 Å². The largest absolute Gasteiger partial charge is 0.298 e. The standard InChI is InChI=1S/C14H22N2O/c1-3-13-12(10-17)14(4-2)16(15-13)9-11-7-5-6-8-11/h10-11H,3-9H2,1-2H3. The third-order valence-corrected chi connectivity index (χ3v) is 3.87. The van der Waals surface area contributed by atoms with Gasteiger partial charge in [0.05, 0.1) is 11.3 Å². The molecule has 94 valence electrons. The van der Waals surface area contributed by atoms with E-state index in [1.165, 1.54) is 25.7 Å². The first-order valence-corrected chi connectivity index (χ1v) is 6.83. The van der Waals surface area contributed by atoms with E-state index in [9.17, 15) is 4.79 Å². The van der Waals surface area contributed by atoms with Gasteiger partial charge in [0.2, 0.25) is 0 Å². The normalized spacial score (nSPS) is 16.6. The molecule has 1 aliphatic carbocycles. The fourth-order valence-corrected chi connectivity index (χ4v) is 2.92. The Morgan fingerprint density at radius 2 is 2.00 bits per heavy atom. The van der Waals surface area contributed by atoms with Crippen LogP contribution in [-0.4, -0.2) is 16.1 Å². The second-order valence-electron chi connectivity index (χ2n) is 4.96. The second-order valence-corrected chi connectivity index (χ2v) is 4.96. The molecule has 0 radical (unpaired) electrons. The van der Waals surface area contributed by atoms with Crippen molar-refractivity contribution in [2.75, 3.05) is 0 Å². The molecule has 17 heavy (non-hydrogen) atoms. The number of hydrogen-bond acceptors (Lipinski definition) is 2. The Morgan fingerprint density at radius 1 is 1.29 bits per heavy atom. The molecule has 0 amide bonds. The molecule has 3 heteroatoms. The molecule has 1 aromatic heterocycles. The Hall–Kier alpha value is -1.12. The van der Waals surface area contributed by atoms with Gasteiger partial charge in [0, 0.05) is 12.2 Å². The minimum absolute atomic E-state index is 0.768. The summed E-state index contributed by atoms with van der Waals surface area (Å²) in [7, 11) is 0. The van der Waals surface area contributed by atoms with Gasteiger partial charge >= 0.3 is 0 Å². The second kappa shape index (κ2) is 5.48. The maximum absolute atomic E-state index is 11.2. The van der Waals surface area contributed by atoms with Crippen molar-refractivity contribution in [2.24, 2.45) is 5.92 Å². The molecule has 0 N–H and O–H groups in total. The number of aryl methyl sites for hydroxylation is 1. The summed E-state index contributed by atoms with van der Waals surface area (Å²) in [4.78, 5) is 11.2. The molecule has 2 rings (SSSR count). The van der Waals surface area contributed by atoms with E-state index in [0.29, 0.717) is 0 Å². The van der Waals surface area contributed by atoms with Crippen LogP contribution >= 0.6 is 0 Å². The van der Waals surface area contributed by atoms with Gasteiger partial charge in [-0.25, -0.2) is 0 Å². The molecule has 1 heterocycles. The number of aldehydes is 1. The Kier molecular flexibility index (Phi) is 3.97. The average molecular weight is 234 g/mol. The Morgan fingerprint density at radius 3 is 2.53 bits per heavy atom. The Balaban J connectivity index is 2.25. The fraction of sp³-hybridized carbons (Fsp3) is 0.714. The number of carbonyl (C=O) groups excluding carboxylic acids is 1. The van der Waals surface area contributed by atoms with Gasteiger partial charge in [0.15, 0.2) is 6.29 Å². The number of rotatable bonds is 5. The van der Waals surface area contributed by atoms with Crippen molar-refractivity contribution in [3.63, 3.8) is 0 Å². The summed E-state index contributed by atoms with van der Waals surface area (Å²) in [6.07, 6.45) is 8.08. The van der Waals surface area contributed by atoms with Crippen LogP contribution in [0.4, 0.5) is 0 Å². The van der Waals surface area contributed by atoms with E-state index in [1.807, 2.05) is 0 Å². The summed E-state index contributed by atoms with van der Waals surface area (Å²) in [5, 5.41) is 4.62. The summed E-state index contributed by atoms with van der Waals surface area (Å²) in [6, 6.07) is 0. The lowest BCUT2D eigenvalue weighted by atomic mass is 10.1. The van der Waals surface area contributed by atoms with E-state index >= 15 is 0 Å². The van der Waals surface area contributed by atoms with Gasteiger partial charge in [0.1, 0.15) is 0 Å². The number of carbonyl (C=O) groups is 1. The molecule has 0 bridgehead atoms. The summed E-state index contributed by atoms with van der Waals surface area (Å²) >= 11 is 0. The van der Waals surface area contributed by atoms with E-state index in [-0.39, 0.29) is 0 Å². The molecule has 0 unspecified atom stereocenters. The van der Waals surface area contributed by atoms with Crippen LogP contribution in [0.15, 0.2) is 0 Å². The van der Waals surface area contributed by atoms with Gasteiger partial charge in [0.25, 0.3) is 0 Å². The first-order chi connectivity index (χ1) is 8.30. The minimum atomic E-state index is 0.768. The van der Waals surface area contributed by atoms with Crippen molar-refractivity contribution in [3.8, 4) is 0 Å². The zero-order valence-corrected chi connectivity index (χ0v) is 10.9. The van der Waals surface area contributed by atoms with Crippen LogP contribution in [0, 0.1) is 5.92 Å². The van der Waals surface area contributed by atoms with Crippen molar-refractivity contribution in [1.29, 1.82) is 0 Å². The number of nitrogens with zero attached hydrogens (tertiary/aromatic N) is 2. The SMILES string of the molecule is CCc1nn(CC2CCCC2)c(CC)c1C=O. The highest BCUT2D eigenvalue weighted by molar-refractivity contribution is 5.78. The first-order valence-electron chi connectivity index (χ1n) is 6.83. The molecule has 0 saturated heterocycles. The van der Waals surface area contributed by atoms with Crippen molar-refractivity contribution >= 4 is 6.29 Å². The minimum Gasteiger partial charge on any atom is -0.298 e. The van der Waals surface area contributed by atoms with Gasteiger partial charge < -0.3 is 0 Å². The predicted molar refractivity (Wildman–Crippen MR) is 68.3 cm³/mol. The third kappa shape index (κ3) is 2.43. The fourth-order valence-electron chi connectivity index (χ4n) is 2.92. The highest BCUT2D eigenvalue weighted by Crippen LogP contribution is 2.27. The highest BCUT2D eigenvalue weighted by atomic mass is 16.1. The predicted octanol–water partition coefficient (Wildman–Crippen LogP) is 3.01. The molecule has 1 saturated carbocycles. The molecule has 1 fully saturated rings. The lowest BCUT2D eigenvalue weighted by molar-refractivity contribution is 0.112. The highest BCUT2D eigenvalue weighted by Gasteiger charge is 2.20. The van der Waals surface area contributed by atoms with Crippen molar-refractivity contribution in [1.82, 2.24) is 9.78 Å². The topological polar surface area (TPSA) is 34.9 Å². The molecule has 3 nitrogen and oxygen atoms in total. The Bertz CT molecular complexity index is 389. The van der Waals surface area contributed by atoms with Crippen molar-refractivity contribution in [2.45, 2.75) is 58.9 Å². The zero-order chi connectivity index (χ0) is 12.3. The molecule has 0 spiro atoms. The molecule has 0 aromatic carbocycles. The van der Waals surface area contributed by atoms with E-state index in [0.717, 1.165) is 48.5 Å². The van der Waals surface area contributed by atoms with Gasteiger partial charge in [-0.1, -0.05) is 26.7 Å². The first kappa shape index (κ1) is 12.3. The van der Waals surface area contributed by atoms with Crippen LogP contribution in [-0.2, 0) is 19.4 Å². The van der Waals surface area contributed by atoms with Gasteiger partial charge in [-0.15, -0.1) is 0 Å². The van der Waals surface area contributed by atoms with E-state index in [2.05, 4.69) is 23.6 Å². The van der Waals surface area contributed by atoms with Crippen LogP contribution < -0.4 is 0 Å². The molecule has 1 aromatic rings. The third-order valence-electron chi connectivity index (χ3n) is 3.87. The summed E-state index contributed by atoms with van der Waals surface area (Å²) in [5.41, 5.74) is 2.94. The summed E-state index contributed by atoms with van der Waals surface area (Å²) < 4.78 is 2.10. The van der Waals surface area contributed by atoms with Gasteiger partial charge in [-0.2, -0.15) is 5.10 Å². The molecule has 0 atom stereocenters. The average Bonchev–Trinajstić information content (AvgIpc) is 2.96. The smallest absolute Gasteiger partial charge is 0.153 e. The molecular weight excluding hydrogens is 212 g/mol. The molecule has 1 aliphatic rings. The van der Waals surface area contributed by atoms with Crippen molar-refractivity contribution < 1.29 is 4.79 Å². The lowest BCUT2D eigenvalue weighted by Crippen LogP contribution is -2.12. The van der Waals surface area contributed by atoms with Gasteiger partial charge in [-0.3, -0.25) is 9.48 Å². The number of aromatic nitrogens is 2. The molecule has 0 aliphatic heterocycles. The van der Waals surface area contributed by atoms with Crippen LogP contribution in [0.5, 0.6) is 0 Å². The van der Waals surface area contributed by atoms with Gasteiger partial charge in [-0.05, 0) is 31.6 Å². The maximum Gasteiger partial charge on any atom is 0.153 e. The van der Waals surface area contributed by atoms with Crippen LogP contribution in [0.25, 0.3) is 0 Å². The molecular formula is C14H22N2O. The zero-order valence-electron chi connectivity index (χ0n) is 10.9. The van der Waals surface area contributed by atoms with Crippen molar-refractivity contribution in [3.05, 3.63) is 17.0 Å². The monoisotopic (exact) mass is 234 g/mol. The summed E-state index contributed by atoms with van der Waals surface area (Å²) in [6.45, 7) is 5.17. The quantitative estimate of drug-likeness (QED) is 0.734. The summed E-state index contributed by atoms with van der Waals surface area (Å²) in [5.74, 6) is 0.768. The Labute approximate surface area is 103 Å². The number of hydrogen-bond donors (Lipinski definition) is 0. The lowest BCUT2D eigenvalue weighted by Gasteiger charge is -2.11. The van der Waals surface area contributed by atoms with E-state index in [1.54, 1.807) is 0 Å². The van der Waals surface area contributed by atoms with E-state index in [4.69, 9.17) is 0 Å². The van der Waals surface area contributed by atoms with Crippen LogP contribution in [0.3, 0.4) is 0 Å².